The molecule has 2 rings (SSSR count). The highest BCUT2D eigenvalue weighted by Gasteiger charge is 2.18. The van der Waals surface area contributed by atoms with Crippen molar-refractivity contribution >= 4 is 11.9 Å². The van der Waals surface area contributed by atoms with E-state index >= 15 is 0 Å². The van der Waals surface area contributed by atoms with Crippen molar-refractivity contribution < 1.29 is 14.7 Å². The van der Waals surface area contributed by atoms with Crippen molar-refractivity contribution in [1.29, 1.82) is 0 Å². The molecule has 5 heteroatoms. The molecule has 108 valence electrons. The summed E-state index contributed by atoms with van der Waals surface area (Å²) in [5.41, 5.74) is 1.12. The van der Waals surface area contributed by atoms with Crippen molar-refractivity contribution in [2.24, 2.45) is 0 Å². The van der Waals surface area contributed by atoms with Crippen LogP contribution in [0.15, 0.2) is 48.7 Å². The molecule has 0 fully saturated rings. The first-order valence-corrected chi connectivity index (χ1v) is 6.57. The Bertz CT molecular complexity index is 641. The first kappa shape index (κ1) is 14.7. The van der Waals surface area contributed by atoms with Gasteiger partial charge in [0.1, 0.15) is 0 Å². The number of likely N-dealkylation sites (N-methyl/N-ethyl adjacent to an activating group) is 1. The lowest BCUT2D eigenvalue weighted by atomic mass is 10.1. The highest BCUT2D eigenvalue weighted by atomic mass is 16.4. The van der Waals surface area contributed by atoms with E-state index in [9.17, 15) is 9.59 Å². The monoisotopic (exact) mass is 284 g/mol. The van der Waals surface area contributed by atoms with Gasteiger partial charge in [0.25, 0.3) is 5.91 Å². The van der Waals surface area contributed by atoms with Gasteiger partial charge in [0.15, 0.2) is 0 Å². The number of aromatic carboxylic acids is 1. The van der Waals surface area contributed by atoms with E-state index in [1.165, 1.54) is 17.0 Å². The summed E-state index contributed by atoms with van der Waals surface area (Å²) in [6, 6.07) is 11.8. The van der Waals surface area contributed by atoms with Crippen LogP contribution in [0, 0.1) is 0 Å². The second-order valence-electron chi connectivity index (χ2n) is 4.65. The maximum Gasteiger partial charge on any atom is 0.336 e. The Kier molecular flexibility index (Phi) is 4.66. The fourth-order valence-corrected chi connectivity index (χ4v) is 1.99. The zero-order chi connectivity index (χ0) is 15.2. The van der Waals surface area contributed by atoms with Crippen LogP contribution in [-0.2, 0) is 6.42 Å². The predicted octanol–water partition coefficient (Wildman–Crippen LogP) is 2.09. The molecule has 21 heavy (non-hydrogen) atoms. The molecule has 1 heterocycles. The number of pyridine rings is 1. The highest BCUT2D eigenvalue weighted by molar-refractivity contribution is 6.04. The Labute approximate surface area is 122 Å². The Morgan fingerprint density at radius 3 is 2.38 bits per heavy atom. The molecule has 0 spiro atoms. The Morgan fingerprint density at radius 1 is 1.10 bits per heavy atom. The van der Waals surface area contributed by atoms with Gasteiger partial charge in [0.05, 0.1) is 11.1 Å². The lowest BCUT2D eigenvalue weighted by molar-refractivity contribution is 0.0682. The van der Waals surface area contributed by atoms with Gasteiger partial charge >= 0.3 is 5.97 Å². The number of aromatic nitrogens is 1. The Hall–Kier alpha value is -2.69. The van der Waals surface area contributed by atoms with Crippen LogP contribution < -0.4 is 0 Å². The van der Waals surface area contributed by atoms with Gasteiger partial charge in [0.2, 0.25) is 0 Å². The summed E-state index contributed by atoms with van der Waals surface area (Å²) >= 11 is 0. The molecule has 0 radical (unpaired) electrons. The van der Waals surface area contributed by atoms with Gasteiger partial charge in [-0.1, -0.05) is 18.2 Å². The van der Waals surface area contributed by atoms with Crippen LogP contribution in [0.25, 0.3) is 0 Å². The molecule has 1 N–H and O–H groups in total. The summed E-state index contributed by atoms with van der Waals surface area (Å²) in [5.74, 6) is -1.40. The molecule has 0 atom stereocenters. The number of carboxylic acids is 1. The first-order valence-electron chi connectivity index (χ1n) is 6.57. The van der Waals surface area contributed by atoms with Gasteiger partial charge in [-0.05, 0) is 24.3 Å². The third-order valence-corrected chi connectivity index (χ3v) is 3.16. The fraction of sp³-hybridized carbons (Fsp3) is 0.188. The number of benzene rings is 1. The average Bonchev–Trinajstić information content (AvgIpc) is 2.52. The third kappa shape index (κ3) is 3.66. The molecular weight excluding hydrogens is 268 g/mol. The van der Waals surface area contributed by atoms with Crippen molar-refractivity contribution in [3.63, 3.8) is 0 Å². The molecule has 0 aliphatic heterocycles. The number of amides is 1. The standard InChI is InChI=1S/C16H16N2O3/c1-18(11-9-12-6-4-5-10-17-12)15(19)13-7-2-3-8-14(13)16(20)21/h2-8,10H,9,11H2,1H3,(H,20,21). The Morgan fingerprint density at radius 2 is 1.76 bits per heavy atom. The maximum absolute atomic E-state index is 12.3. The van der Waals surface area contributed by atoms with E-state index in [2.05, 4.69) is 4.98 Å². The molecule has 1 aromatic heterocycles. The van der Waals surface area contributed by atoms with E-state index in [-0.39, 0.29) is 17.0 Å². The lowest BCUT2D eigenvalue weighted by Gasteiger charge is -2.18. The SMILES string of the molecule is CN(CCc1ccccn1)C(=O)c1ccccc1C(=O)O. The van der Waals surface area contributed by atoms with E-state index in [0.717, 1.165) is 5.69 Å². The van der Waals surface area contributed by atoms with Crippen LogP contribution in [0.2, 0.25) is 0 Å². The molecule has 2 aromatic rings. The molecule has 0 aliphatic rings. The number of carbonyl (C=O) groups excluding carboxylic acids is 1. The second-order valence-corrected chi connectivity index (χ2v) is 4.65. The van der Waals surface area contributed by atoms with E-state index in [4.69, 9.17) is 5.11 Å². The first-order chi connectivity index (χ1) is 10.1. The molecule has 0 saturated heterocycles. The minimum absolute atomic E-state index is 0.0205. The summed E-state index contributed by atoms with van der Waals surface area (Å²) < 4.78 is 0. The summed E-state index contributed by atoms with van der Waals surface area (Å²) in [5, 5.41) is 9.12. The zero-order valence-corrected chi connectivity index (χ0v) is 11.7. The van der Waals surface area contributed by atoms with Crippen LogP contribution in [0.5, 0.6) is 0 Å². The van der Waals surface area contributed by atoms with Gasteiger partial charge in [-0.3, -0.25) is 9.78 Å². The van der Waals surface area contributed by atoms with E-state index in [1.807, 2.05) is 18.2 Å². The quantitative estimate of drug-likeness (QED) is 0.912. The smallest absolute Gasteiger partial charge is 0.336 e. The summed E-state index contributed by atoms with van der Waals surface area (Å²) in [6.07, 6.45) is 2.33. The fourth-order valence-electron chi connectivity index (χ4n) is 1.99. The van der Waals surface area contributed by atoms with Gasteiger partial charge in [0, 0.05) is 31.9 Å². The van der Waals surface area contributed by atoms with Crippen molar-refractivity contribution in [1.82, 2.24) is 9.88 Å². The molecule has 0 bridgehead atoms. The van der Waals surface area contributed by atoms with Gasteiger partial charge in [-0.25, -0.2) is 4.79 Å². The summed E-state index contributed by atoms with van der Waals surface area (Å²) in [7, 11) is 1.66. The van der Waals surface area contributed by atoms with Crippen molar-refractivity contribution in [2.45, 2.75) is 6.42 Å². The third-order valence-electron chi connectivity index (χ3n) is 3.16. The summed E-state index contributed by atoms with van der Waals surface area (Å²) in [4.78, 5) is 29.2. The Balaban J connectivity index is 2.08. The van der Waals surface area contributed by atoms with Crippen LogP contribution >= 0.6 is 0 Å². The van der Waals surface area contributed by atoms with E-state index in [1.54, 1.807) is 25.4 Å². The number of hydrogen-bond acceptors (Lipinski definition) is 3. The largest absolute Gasteiger partial charge is 0.478 e. The minimum atomic E-state index is -1.10. The molecule has 1 aromatic carbocycles. The molecule has 1 amide bonds. The normalized spacial score (nSPS) is 10.1. The maximum atomic E-state index is 12.3. The molecule has 0 unspecified atom stereocenters. The molecule has 0 saturated carbocycles. The average molecular weight is 284 g/mol. The van der Waals surface area contributed by atoms with Crippen LogP contribution in [-0.4, -0.2) is 40.5 Å². The topological polar surface area (TPSA) is 70.5 Å². The van der Waals surface area contributed by atoms with E-state index < -0.39 is 5.97 Å². The number of rotatable bonds is 5. The molecule has 5 nitrogen and oxygen atoms in total. The summed E-state index contributed by atoms with van der Waals surface area (Å²) in [6.45, 7) is 0.476. The van der Waals surface area contributed by atoms with Crippen LogP contribution in [0.3, 0.4) is 0 Å². The van der Waals surface area contributed by atoms with E-state index in [0.29, 0.717) is 13.0 Å². The van der Waals surface area contributed by atoms with Gasteiger partial charge in [-0.15, -0.1) is 0 Å². The number of carboxylic acid groups (broad SMARTS) is 1. The number of nitrogens with zero attached hydrogens (tertiary/aromatic N) is 2. The molecule has 0 aliphatic carbocycles. The lowest BCUT2D eigenvalue weighted by Crippen LogP contribution is -2.30. The minimum Gasteiger partial charge on any atom is -0.478 e. The highest BCUT2D eigenvalue weighted by Crippen LogP contribution is 2.11. The van der Waals surface area contributed by atoms with Crippen LogP contribution in [0.1, 0.15) is 26.4 Å². The van der Waals surface area contributed by atoms with Gasteiger partial charge in [-0.2, -0.15) is 0 Å². The molecular formula is C16H16N2O3. The second kappa shape index (κ2) is 6.65. The van der Waals surface area contributed by atoms with Crippen molar-refractivity contribution in [3.8, 4) is 0 Å². The predicted molar refractivity (Wildman–Crippen MR) is 78.3 cm³/mol. The zero-order valence-electron chi connectivity index (χ0n) is 11.7. The number of carbonyl (C=O) groups is 2. The number of hydrogen-bond donors (Lipinski definition) is 1. The van der Waals surface area contributed by atoms with Gasteiger partial charge < -0.3 is 10.0 Å². The van der Waals surface area contributed by atoms with Crippen molar-refractivity contribution in [3.05, 3.63) is 65.5 Å². The van der Waals surface area contributed by atoms with Crippen LogP contribution in [0.4, 0.5) is 0 Å². The van der Waals surface area contributed by atoms with Crippen molar-refractivity contribution in [2.75, 3.05) is 13.6 Å².